The van der Waals surface area contributed by atoms with Crippen molar-refractivity contribution < 1.29 is 19.1 Å². The highest BCUT2D eigenvalue weighted by molar-refractivity contribution is 8.15. The number of aliphatic imine (C=N–C) groups is 1. The second kappa shape index (κ2) is 9.56. The minimum absolute atomic E-state index is 0.0243. The van der Waals surface area contributed by atoms with Crippen molar-refractivity contribution >= 4 is 45.0 Å². The third-order valence-electron chi connectivity index (χ3n) is 8.02. The smallest absolute Gasteiger partial charge is 0.228 e. The lowest BCUT2D eigenvalue weighted by Crippen LogP contribution is -2.45. The fourth-order valence-electron chi connectivity index (χ4n) is 6.12. The van der Waals surface area contributed by atoms with Gasteiger partial charge in [0.05, 0.1) is 38.0 Å². The molecule has 6 rings (SSSR count). The summed E-state index contributed by atoms with van der Waals surface area (Å²) in [5.74, 6) is 0.123. The molecule has 5 aliphatic rings. The first-order valence-electron chi connectivity index (χ1n) is 12.8. The van der Waals surface area contributed by atoms with E-state index in [4.69, 9.17) is 14.5 Å². The van der Waals surface area contributed by atoms with Crippen LogP contribution < -0.4 is 5.32 Å². The highest BCUT2D eigenvalue weighted by Gasteiger charge is 2.39. The van der Waals surface area contributed by atoms with Crippen molar-refractivity contribution in [2.45, 2.75) is 88.3 Å². The Morgan fingerprint density at radius 1 is 1.09 bits per heavy atom. The maximum Gasteiger partial charge on any atom is 0.228 e. The molecule has 9 heteroatoms. The molecule has 2 amide bonds. The summed E-state index contributed by atoms with van der Waals surface area (Å²) < 4.78 is 11.8. The summed E-state index contributed by atoms with van der Waals surface area (Å²) in [5, 5.41) is 5.92. The molecule has 0 spiro atoms. The third kappa shape index (κ3) is 4.33. The molecule has 0 radical (unpaired) electrons. The molecule has 184 valence electrons. The van der Waals surface area contributed by atoms with E-state index in [1.165, 1.54) is 36.1 Å². The Balaban J connectivity index is 1.26. The Bertz CT molecular complexity index is 1010. The van der Waals surface area contributed by atoms with Crippen LogP contribution in [-0.2, 0) is 32.0 Å². The number of carbonyl (C=O) groups excluding carboxylic acids is 2. The first-order chi connectivity index (χ1) is 16.6. The van der Waals surface area contributed by atoms with E-state index in [1.807, 2.05) is 16.7 Å². The number of nitrogens with zero attached hydrogens (tertiary/aromatic N) is 2. The Labute approximate surface area is 209 Å². The van der Waals surface area contributed by atoms with Crippen LogP contribution in [0.2, 0.25) is 0 Å². The van der Waals surface area contributed by atoms with Gasteiger partial charge >= 0.3 is 0 Å². The van der Waals surface area contributed by atoms with Gasteiger partial charge in [0.1, 0.15) is 10.0 Å². The average molecular weight is 504 g/mol. The van der Waals surface area contributed by atoms with Crippen molar-refractivity contribution in [2.75, 3.05) is 25.1 Å². The van der Waals surface area contributed by atoms with Gasteiger partial charge in [-0.3, -0.25) is 14.6 Å². The largest absolute Gasteiger partial charge is 0.373 e. The number of hydrogen-bond acceptors (Lipinski definition) is 7. The van der Waals surface area contributed by atoms with Crippen LogP contribution in [0.15, 0.2) is 4.99 Å². The molecule has 1 saturated heterocycles. The molecule has 1 aromatic rings. The molecule has 7 nitrogen and oxygen atoms in total. The van der Waals surface area contributed by atoms with Gasteiger partial charge in [-0.2, -0.15) is 0 Å². The van der Waals surface area contributed by atoms with Gasteiger partial charge in [0.15, 0.2) is 0 Å². The molecule has 0 bridgehead atoms. The average Bonchev–Trinajstić information content (AvgIpc) is 3.43. The van der Waals surface area contributed by atoms with Crippen molar-refractivity contribution in [1.82, 2.24) is 4.90 Å². The molecular formula is C25H33N3O4S2. The summed E-state index contributed by atoms with van der Waals surface area (Å²) in [6.45, 7) is 4.26. The number of thioether (sulfide) groups is 1. The number of ether oxygens (including phenoxy) is 2. The summed E-state index contributed by atoms with van der Waals surface area (Å²) in [6.07, 6.45) is 8.33. The number of nitrogens with one attached hydrogen (secondary N) is 1. The molecule has 34 heavy (non-hydrogen) atoms. The number of rotatable bonds is 3. The van der Waals surface area contributed by atoms with Crippen molar-refractivity contribution in [3.05, 3.63) is 16.0 Å². The molecular weight excluding hydrogens is 470 g/mol. The molecule has 0 aromatic carbocycles. The molecule has 4 heterocycles. The normalized spacial score (nSPS) is 32.9. The van der Waals surface area contributed by atoms with Gasteiger partial charge in [0, 0.05) is 35.1 Å². The van der Waals surface area contributed by atoms with Gasteiger partial charge in [0.2, 0.25) is 11.8 Å². The first kappa shape index (κ1) is 23.0. The Morgan fingerprint density at radius 2 is 1.91 bits per heavy atom. The molecule has 2 aliphatic carbocycles. The minimum Gasteiger partial charge on any atom is -0.373 e. The monoisotopic (exact) mass is 503 g/mol. The number of carbonyl (C=O) groups is 2. The predicted octanol–water partition coefficient (Wildman–Crippen LogP) is 3.98. The van der Waals surface area contributed by atoms with E-state index in [9.17, 15) is 9.59 Å². The number of hydrogen-bond donors (Lipinski definition) is 1. The van der Waals surface area contributed by atoms with Gasteiger partial charge in [-0.1, -0.05) is 12.8 Å². The number of thiophene rings is 1. The van der Waals surface area contributed by atoms with Crippen molar-refractivity contribution in [3.63, 3.8) is 0 Å². The zero-order valence-corrected chi connectivity index (χ0v) is 21.3. The highest BCUT2D eigenvalue weighted by atomic mass is 32.2. The lowest BCUT2D eigenvalue weighted by Gasteiger charge is -2.38. The van der Waals surface area contributed by atoms with Crippen LogP contribution in [0.25, 0.3) is 0 Å². The van der Waals surface area contributed by atoms with Crippen LogP contribution in [0.3, 0.4) is 0 Å². The van der Waals surface area contributed by atoms with E-state index >= 15 is 0 Å². The quantitative estimate of drug-likeness (QED) is 0.675. The van der Waals surface area contributed by atoms with Gasteiger partial charge in [-0.05, 0) is 44.1 Å². The Morgan fingerprint density at radius 3 is 2.74 bits per heavy atom. The maximum absolute atomic E-state index is 13.4. The van der Waals surface area contributed by atoms with E-state index in [-0.39, 0.29) is 29.9 Å². The van der Waals surface area contributed by atoms with E-state index in [0.717, 1.165) is 47.8 Å². The van der Waals surface area contributed by atoms with Crippen LogP contribution in [0.1, 0.15) is 67.9 Å². The second-order valence-corrected chi connectivity index (χ2v) is 12.5. The lowest BCUT2D eigenvalue weighted by atomic mass is 9.84. The lowest BCUT2D eigenvalue weighted by molar-refractivity contribution is -0.164. The summed E-state index contributed by atoms with van der Waals surface area (Å²) >= 11 is 3.55. The van der Waals surface area contributed by atoms with E-state index < -0.39 is 0 Å². The number of fused-ring (bicyclic) bond motifs is 3. The summed E-state index contributed by atoms with van der Waals surface area (Å²) in [7, 11) is 0. The maximum atomic E-state index is 13.4. The van der Waals surface area contributed by atoms with Gasteiger partial charge in [0.25, 0.3) is 0 Å². The molecule has 5 unspecified atom stereocenters. The molecule has 3 aliphatic heterocycles. The third-order valence-corrected chi connectivity index (χ3v) is 10.5. The van der Waals surface area contributed by atoms with Crippen molar-refractivity contribution in [1.29, 1.82) is 0 Å². The summed E-state index contributed by atoms with van der Waals surface area (Å²) in [5.41, 5.74) is 2.43. The Kier molecular flexibility index (Phi) is 6.47. The second-order valence-electron chi connectivity index (χ2n) is 10.2. The zero-order valence-electron chi connectivity index (χ0n) is 19.7. The summed E-state index contributed by atoms with van der Waals surface area (Å²) in [4.78, 5) is 33.7. The SMILES string of the molecule is CC(=O)N1CCc2c(sc(NC(=O)C3CCC4OCCOC4C3)c2C2=NC3CCCCC3S2)C1. The molecule has 1 N–H and O–H groups in total. The fourth-order valence-corrected chi connectivity index (χ4v) is 8.91. The van der Waals surface area contributed by atoms with Crippen LogP contribution in [0.5, 0.6) is 0 Å². The standard InChI is InChI=1S/C25H33N3O4S2/c1-14(29)28-9-8-16-21(13-28)34-25(22(16)24-26-17-4-2-3-5-20(17)33-24)27-23(30)15-6-7-18-19(12-15)32-11-10-31-18/h15,17-20H,2-13H2,1H3,(H,27,30). The Hall–Kier alpha value is -1.42. The van der Waals surface area contributed by atoms with E-state index in [0.29, 0.717) is 31.1 Å². The topological polar surface area (TPSA) is 80.2 Å². The van der Waals surface area contributed by atoms with Crippen LogP contribution in [-0.4, -0.2) is 65.0 Å². The fraction of sp³-hybridized carbons (Fsp3) is 0.720. The predicted molar refractivity (Wildman–Crippen MR) is 135 cm³/mol. The van der Waals surface area contributed by atoms with Gasteiger partial charge < -0.3 is 19.7 Å². The molecule has 1 aromatic heterocycles. The molecule has 3 fully saturated rings. The molecule has 5 atom stereocenters. The summed E-state index contributed by atoms with van der Waals surface area (Å²) in [6, 6.07) is 0.406. The van der Waals surface area contributed by atoms with Crippen LogP contribution >= 0.6 is 23.1 Å². The van der Waals surface area contributed by atoms with E-state index in [1.54, 1.807) is 18.3 Å². The van der Waals surface area contributed by atoms with Crippen LogP contribution in [0.4, 0.5) is 5.00 Å². The van der Waals surface area contributed by atoms with Crippen molar-refractivity contribution in [2.24, 2.45) is 10.9 Å². The van der Waals surface area contributed by atoms with Crippen molar-refractivity contribution in [3.8, 4) is 0 Å². The van der Waals surface area contributed by atoms with Gasteiger partial charge in [-0.25, -0.2) is 0 Å². The molecule has 2 saturated carbocycles. The number of anilines is 1. The zero-order chi connectivity index (χ0) is 23.2. The minimum atomic E-state index is -0.0654. The van der Waals surface area contributed by atoms with Crippen LogP contribution in [0, 0.1) is 5.92 Å². The highest BCUT2D eigenvalue weighted by Crippen LogP contribution is 2.46. The van der Waals surface area contributed by atoms with E-state index in [2.05, 4.69) is 5.32 Å². The number of amides is 2. The first-order valence-corrected chi connectivity index (χ1v) is 14.5. The van der Waals surface area contributed by atoms with Gasteiger partial charge in [-0.15, -0.1) is 23.1 Å².